The van der Waals surface area contributed by atoms with Gasteiger partial charge in [0.1, 0.15) is 17.6 Å². The van der Waals surface area contributed by atoms with Gasteiger partial charge in [-0.1, -0.05) is 30.3 Å². The zero-order chi connectivity index (χ0) is 22.1. The number of aromatic nitrogens is 4. The minimum Gasteiger partial charge on any atom is -0.490 e. The molecule has 4 atom stereocenters. The number of hydrogen-bond acceptors (Lipinski definition) is 6. The number of rotatable bonds is 5. The average molecular weight is 474 g/mol. The first-order chi connectivity index (χ1) is 15.6. The Morgan fingerprint density at radius 2 is 1.88 bits per heavy atom. The number of aromatic amines is 1. The predicted molar refractivity (Wildman–Crippen MR) is 122 cm³/mol. The van der Waals surface area contributed by atoms with Gasteiger partial charge in [-0.2, -0.15) is 5.21 Å². The van der Waals surface area contributed by atoms with Crippen molar-refractivity contribution in [1.82, 2.24) is 25.9 Å². The van der Waals surface area contributed by atoms with Gasteiger partial charge in [0.15, 0.2) is 0 Å². The molecular weight excluding hydrogens is 449 g/mol. The van der Waals surface area contributed by atoms with Crippen LogP contribution in [0.2, 0.25) is 0 Å². The van der Waals surface area contributed by atoms with E-state index in [1.807, 2.05) is 18.2 Å². The van der Waals surface area contributed by atoms with Crippen LogP contribution in [0.1, 0.15) is 25.7 Å². The number of nitrogens with zero attached hydrogens (tertiary/aromatic N) is 3. The van der Waals surface area contributed by atoms with E-state index < -0.39 is 12.0 Å². The average Bonchev–Trinajstić information content (AvgIpc) is 3.33. The van der Waals surface area contributed by atoms with E-state index in [0.717, 1.165) is 25.8 Å². The van der Waals surface area contributed by atoms with Crippen molar-refractivity contribution in [2.24, 2.45) is 11.8 Å². The van der Waals surface area contributed by atoms with E-state index >= 15 is 0 Å². The first-order valence-corrected chi connectivity index (χ1v) is 10.8. The van der Waals surface area contributed by atoms with Crippen molar-refractivity contribution in [3.8, 4) is 28.3 Å². The molecule has 0 amide bonds. The molecule has 4 unspecified atom stereocenters. The molecule has 33 heavy (non-hydrogen) atoms. The van der Waals surface area contributed by atoms with E-state index in [1.54, 1.807) is 18.2 Å². The van der Waals surface area contributed by atoms with E-state index in [2.05, 4.69) is 25.9 Å². The van der Waals surface area contributed by atoms with Gasteiger partial charge in [0, 0.05) is 5.56 Å². The van der Waals surface area contributed by atoms with Crippen molar-refractivity contribution in [3.05, 3.63) is 48.3 Å². The van der Waals surface area contributed by atoms with Gasteiger partial charge in [-0.15, -0.1) is 22.6 Å². The minimum atomic E-state index is -0.802. The van der Waals surface area contributed by atoms with E-state index in [-0.39, 0.29) is 24.3 Å². The molecule has 8 nitrogen and oxygen atoms in total. The molecule has 5 rings (SSSR count). The van der Waals surface area contributed by atoms with Crippen LogP contribution in [0.5, 0.6) is 5.75 Å². The van der Waals surface area contributed by atoms with Gasteiger partial charge in [-0.3, -0.25) is 4.79 Å². The summed E-state index contributed by atoms with van der Waals surface area (Å²) in [4.78, 5) is 11.4. The maximum Gasteiger partial charge on any atom is 0.320 e. The third kappa shape index (κ3) is 4.69. The number of carboxylic acid groups (broad SMARTS) is 1. The lowest BCUT2D eigenvalue weighted by Gasteiger charge is -2.41. The molecular formula is C23H25ClFN5O3. The van der Waals surface area contributed by atoms with Gasteiger partial charge in [0.05, 0.1) is 11.7 Å². The number of piperidine rings is 1. The van der Waals surface area contributed by atoms with Crippen molar-refractivity contribution >= 4 is 18.4 Å². The SMILES string of the molecule is Cl.O=C(O)C1CC2CC(Oc3cccc(-c4ccccc4F)c3-c3nn[nH]n3)CCC2CN1. The van der Waals surface area contributed by atoms with Gasteiger partial charge in [0.2, 0.25) is 5.82 Å². The van der Waals surface area contributed by atoms with Crippen molar-refractivity contribution in [3.63, 3.8) is 0 Å². The standard InChI is InChI=1S/C23H24FN5O3.ClH/c24-18-6-2-1-4-16(18)17-5-3-7-20(21(17)22-26-28-29-27-22)32-15-9-8-13-12-25-19(23(30)31)11-14(13)10-15;/h1-7,13-15,19,25H,8-12H2,(H,30,31)(H,26,27,28,29);1H. The highest BCUT2D eigenvalue weighted by atomic mass is 35.5. The molecule has 0 bridgehead atoms. The second-order valence-electron chi connectivity index (χ2n) is 8.50. The Hall–Kier alpha value is -3.04. The molecule has 1 saturated heterocycles. The second-order valence-corrected chi connectivity index (χ2v) is 8.50. The van der Waals surface area contributed by atoms with Crippen LogP contribution < -0.4 is 10.1 Å². The fourth-order valence-corrected chi connectivity index (χ4v) is 5.03. The highest BCUT2D eigenvalue weighted by molar-refractivity contribution is 5.85. The molecule has 0 radical (unpaired) electrons. The molecule has 1 saturated carbocycles. The van der Waals surface area contributed by atoms with Crippen LogP contribution in [0.3, 0.4) is 0 Å². The molecule has 174 valence electrons. The summed E-state index contributed by atoms with van der Waals surface area (Å²) in [5, 5.41) is 26.9. The van der Waals surface area contributed by atoms with Crippen LogP contribution in [0.4, 0.5) is 4.39 Å². The summed E-state index contributed by atoms with van der Waals surface area (Å²) < 4.78 is 21.1. The Balaban J connectivity index is 0.00000259. The van der Waals surface area contributed by atoms with Crippen LogP contribution in [0.25, 0.3) is 22.5 Å². The van der Waals surface area contributed by atoms with Gasteiger partial charge in [-0.25, -0.2) is 4.39 Å². The topological polar surface area (TPSA) is 113 Å². The van der Waals surface area contributed by atoms with Crippen molar-refractivity contribution < 1.29 is 19.0 Å². The Labute approximate surface area is 196 Å². The molecule has 3 aromatic rings. The van der Waals surface area contributed by atoms with Crippen LogP contribution in [-0.2, 0) is 4.79 Å². The number of aliphatic carboxylic acids is 1. The summed E-state index contributed by atoms with van der Waals surface area (Å²) in [5.41, 5.74) is 1.65. The lowest BCUT2D eigenvalue weighted by atomic mass is 9.72. The summed E-state index contributed by atoms with van der Waals surface area (Å²) in [6, 6.07) is 11.5. The van der Waals surface area contributed by atoms with Gasteiger partial charge >= 0.3 is 5.97 Å². The summed E-state index contributed by atoms with van der Waals surface area (Å²) in [5.74, 6) is 0.513. The van der Waals surface area contributed by atoms with Gasteiger partial charge in [0.25, 0.3) is 0 Å². The van der Waals surface area contributed by atoms with Gasteiger partial charge < -0.3 is 15.2 Å². The predicted octanol–water partition coefficient (Wildman–Crippen LogP) is 3.70. The Morgan fingerprint density at radius 1 is 1.06 bits per heavy atom. The van der Waals surface area contributed by atoms with Crippen molar-refractivity contribution in [2.45, 2.75) is 37.8 Å². The molecule has 0 spiro atoms. The van der Waals surface area contributed by atoms with E-state index in [1.165, 1.54) is 6.07 Å². The van der Waals surface area contributed by atoms with E-state index in [4.69, 9.17) is 4.74 Å². The molecule has 2 aliphatic rings. The number of carbonyl (C=O) groups is 1. The quantitative estimate of drug-likeness (QED) is 0.517. The monoisotopic (exact) mass is 473 g/mol. The molecule has 2 aromatic carbocycles. The minimum absolute atomic E-state index is 0. The number of nitrogens with one attached hydrogen (secondary N) is 2. The number of H-pyrrole nitrogens is 1. The lowest BCUT2D eigenvalue weighted by Crippen LogP contribution is -2.50. The summed E-state index contributed by atoms with van der Waals surface area (Å²) >= 11 is 0. The number of ether oxygens (including phenoxy) is 1. The number of benzene rings is 2. The third-order valence-corrected chi connectivity index (χ3v) is 6.61. The summed E-state index contributed by atoms with van der Waals surface area (Å²) in [6.07, 6.45) is 3.17. The molecule has 1 aliphatic carbocycles. The number of tetrazole rings is 1. The molecule has 1 aliphatic heterocycles. The zero-order valence-electron chi connectivity index (χ0n) is 17.8. The molecule has 1 aromatic heterocycles. The highest BCUT2D eigenvalue weighted by Crippen LogP contribution is 2.42. The van der Waals surface area contributed by atoms with Crippen LogP contribution in [0.15, 0.2) is 42.5 Å². The molecule has 10 heteroatoms. The number of carboxylic acids is 1. The smallest absolute Gasteiger partial charge is 0.320 e. The summed E-state index contributed by atoms with van der Waals surface area (Å²) in [6.45, 7) is 0.727. The van der Waals surface area contributed by atoms with Crippen molar-refractivity contribution in [1.29, 1.82) is 0 Å². The number of fused-ring (bicyclic) bond motifs is 1. The van der Waals surface area contributed by atoms with Crippen LogP contribution in [0, 0.1) is 17.7 Å². The zero-order valence-corrected chi connectivity index (χ0v) is 18.6. The number of hydrogen-bond donors (Lipinski definition) is 3. The Kier molecular flexibility index (Phi) is 6.90. The van der Waals surface area contributed by atoms with E-state index in [0.29, 0.717) is 46.5 Å². The van der Waals surface area contributed by atoms with Crippen molar-refractivity contribution in [2.75, 3.05) is 6.54 Å². The van der Waals surface area contributed by atoms with Crippen LogP contribution >= 0.6 is 12.4 Å². The Morgan fingerprint density at radius 3 is 2.64 bits per heavy atom. The Bertz CT molecular complexity index is 1110. The highest BCUT2D eigenvalue weighted by Gasteiger charge is 2.38. The maximum absolute atomic E-state index is 14.6. The normalized spacial score (nSPS) is 24.4. The first-order valence-electron chi connectivity index (χ1n) is 10.8. The molecule has 2 heterocycles. The summed E-state index contributed by atoms with van der Waals surface area (Å²) in [7, 11) is 0. The lowest BCUT2D eigenvalue weighted by molar-refractivity contribution is -0.141. The largest absolute Gasteiger partial charge is 0.490 e. The molecule has 2 fully saturated rings. The molecule has 3 N–H and O–H groups in total. The van der Waals surface area contributed by atoms with Gasteiger partial charge in [-0.05, 0) is 67.0 Å². The first kappa shape index (κ1) is 23.1. The second kappa shape index (κ2) is 9.84. The fraction of sp³-hybridized carbons (Fsp3) is 0.391. The third-order valence-electron chi connectivity index (χ3n) is 6.61. The van der Waals surface area contributed by atoms with Crippen LogP contribution in [-0.4, -0.2) is 50.4 Å². The number of halogens is 2. The fourth-order valence-electron chi connectivity index (χ4n) is 5.03. The van der Waals surface area contributed by atoms with E-state index in [9.17, 15) is 14.3 Å². The maximum atomic E-state index is 14.6.